The van der Waals surface area contributed by atoms with E-state index in [0.29, 0.717) is 11.8 Å². The summed E-state index contributed by atoms with van der Waals surface area (Å²) in [5.41, 5.74) is 3.64. The van der Waals surface area contributed by atoms with Crippen molar-refractivity contribution in [1.82, 2.24) is 9.78 Å². The van der Waals surface area contributed by atoms with Gasteiger partial charge in [-0.15, -0.1) is 0 Å². The lowest BCUT2D eigenvalue weighted by atomic mass is 9.89. The predicted molar refractivity (Wildman–Crippen MR) is 69.6 cm³/mol. The van der Waals surface area contributed by atoms with Gasteiger partial charge >= 0.3 is 5.97 Å². The molecule has 3 unspecified atom stereocenters. The minimum atomic E-state index is -0.630. The van der Waals surface area contributed by atoms with E-state index in [4.69, 9.17) is 5.11 Å². The van der Waals surface area contributed by atoms with Crippen LogP contribution >= 0.6 is 0 Å². The van der Waals surface area contributed by atoms with Crippen LogP contribution in [0.25, 0.3) is 0 Å². The molecule has 1 aliphatic rings. The lowest BCUT2D eigenvalue weighted by Crippen LogP contribution is -2.06. The molecule has 18 heavy (non-hydrogen) atoms. The number of aryl methyl sites for hydroxylation is 2. The third-order valence-corrected chi connectivity index (χ3v) is 4.29. The van der Waals surface area contributed by atoms with Crippen molar-refractivity contribution in [2.75, 3.05) is 0 Å². The summed E-state index contributed by atoms with van der Waals surface area (Å²) in [7, 11) is 1.97. The summed E-state index contributed by atoms with van der Waals surface area (Å²) in [5, 5.41) is 13.4. The highest BCUT2D eigenvalue weighted by Gasteiger charge is 2.44. The van der Waals surface area contributed by atoms with Gasteiger partial charge in [-0.3, -0.25) is 9.48 Å². The zero-order valence-corrected chi connectivity index (χ0v) is 11.6. The largest absolute Gasteiger partial charge is 0.481 e. The first-order valence-electron chi connectivity index (χ1n) is 6.68. The van der Waals surface area contributed by atoms with Crippen LogP contribution in [0, 0.1) is 25.7 Å². The molecule has 0 radical (unpaired) electrons. The molecule has 1 heterocycles. The molecular formula is C14H22N2O2. The Bertz CT molecular complexity index is 465. The van der Waals surface area contributed by atoms with E-state index >= 15 is 0 Å². The number of aliphatic carboxylic acids is 1. The molecule has 1 fully saturated rings. The molecule has 2 rings (SSSR count). The van der Waals surface area contributed by atoms with Gasteiger partial charge in [0.15, 0.2) is 0 Å². The van der Waals surface area contributed by atoms with Crippen LogP contribution in [0.1, 0.15) is 49.1 Å². The van der Waals surface area contributed by atoms with Gasteiger partial charge in [0, 0.05) is 12.7 Å². The van der Waals surface area contributed by atoms with Crippen molar-refractivity contribution in [2.45, 2.75) is 46.0 Å². The average Bonchev–Trinajstić information content (AvgIpc) is 3.02. The van der Waals surface area contributed by atoms with Crippen molar-refractivity contribution in [3.8, 4) is 0 Å². The number of hydrogen-bond donors (Lipinski definition) is 1. The van der Waals surface area contributed by atoms with E-state index in [-0.39, 0.29) is 5.92 Å². The van der Waals surface area contributed by atoms with Gasteiger partial charge in [0.05, 0.1) is 11.6 Å². The van der Waals surface area contributed by atoms with E-state index in [1.807, 2.05) is 18.7 Å². The molecule has 1 aromatic heterocycles. The van der Waals surface area contributed by atoms with Crippen LogP contribution in [0.3, 0.4) is 0 Å². The monoisotopic (exact) mass is 250 g/mol. The zero-order chi connectivity index (χ0) is 13.4. The number of carboxylic acids is 1. The Balaban J connectivity index is 2.12. The maximum Gasteiger partial charge on any atom is 0.306 e. The van der Waals surface area contributed by atoms with Crippen LogP contribution in [0.15, 0.2) is 0 Å². The van der Waals surface area contributed by atoms with Crippen LogP contribution in [0.4, 0.5) is 0 Å². The number of aromatic nitrogens is 2. The maximum atomic E-state index is 10.9. The summed E-state index contributed by atoms with van der Waals surface area (Å²) in [4.78, 5) is 10.9. The topological polar surface area (TPSA) is 55.1 Å². The molecule has 1 saturated carbocycles. The molecular weight excluding hydrogens is 228 g/mol. The van der Waals surface area contributed by atoms with E-state index < -0.39 is 5.97 Å². The van der Waals surface area contributed by atoms with Crippen LogP contribution in [0.2, 0.25) is 0 Å². The first-order chi connectivity index (χ1) is 8.45. The fourth-order valence-electron chi connectivity index (χ4n) is 3.05. The standard InChI is InChI=1S/C14H22N2O2/c1-5-10(6-11-7-12(11)14(17)18)13-8(2)15-16(4)9(13)3/h10-12H,5-7H2,1-4H3,(H,17,18). The SMILES string of the molecule is CCC(CC1CC1C(=O)O)c1c(C)nn(C)c1C. The fraction of sp³-hybridized carbons (Fsp3) is 0.714. The zero-order valence-electron chi connectivity index (χ0n) is 11.6. The van der Waals surface area contributed by atoms with Crippen LogP contribution in [0.5, 0.6) is 0 Å². The summed E-state index contributed by atoms with van der Waals surface area (Å²) in [6.45, 7) is 6.32. The van der Waals surface area contributed by atoms with Gasteiger partial charge in [-0.05, 0) is 50.5 Å². The number of carboxylic acid groups (broad SMARTS) is 1. The average molecular weight is 250 g/mol. The Labute approximate surface area is 108 Å². The molecule has 0 spiro atoms. The molecule has 1 N–H and O–H groups in total. The van der Waals surface area contributed by atoms with Crippen LogP contribution < -0.4 is 0 Å². The molecule has 0 saturated heterocycles. The van der Waals surface area contributed by atoms with Gasteiger partial charge in [-0.1, -0.05) is 6.92 Å². The summed E-state index contributed by atoms with van der Waals surface area (Å²) in [6, 6.07) is 0. The highest BCUT2D eigenvalue weighted by atomic mass is 16.4. The number of carbonyl (C=O) groups is 1. The first kappa shape index (κ1) is 13.1. The summed E-state index contributed by atoms with van der Waals surface area (Å²) >= 11 is 0. The normalized spacial score (nSPS) is 24.0. The third-order valence-electron chi connectivity index (χ3n) is 4.29. The highest BCUT2D eigenvalue weighted by Crippen LogP contribution is 2.46. The van der Waals surface area contributed by atoms with Crippen molar-refractivity contribution in [1.29, 1.82) is 0 Å². The van der Waals surface area contributed by atoms with Gasteiger partial charge in [-0.2, -0.15) is 5.10 Å². The molecule has 1 aromatic rings. The summed E-state index contributed by atoms with van der Waals surface area (Å²) in [5.74, 6) is 0.0883. The Morgan fingerprint density at radius 2 is 2.22 bits per heavy atom. The minimum Gasteiger partial charge on any atom is -0.481 e. The highest BCUT2D eigenvalue weighted by molar-refractivity contribution is 5.73. The van der Waals surface area contributed by atoms with E-state index in [2.05, 4.69) is 18.9 Å². The van der Waals surface area contributed by atoms with Crippen molar-refractivity contribution >= 4 is 5.97 Å². The van der Waals surface area contributed by atoms with Gasteiger partial charge in [-0.25, -0.2) is 0 Å². The summed E-state index contributed by atoms with van der Waals surface area (Å²) < 4.78 is 1.93. The van der Waals surface area contributed by atoms with Gasteiger partial charge in [0.2, 0.25) is 0 Å². The van der Waals surface area contributed by atoms with E-state index in [1.54, 1.807) is 0 Å². The molecule has 4 nitrogen and oxygen atoms in total. The Morgan fingerprint density at radius 1 is 1.56 bits per heavy atom. The molecule has 1 aliphatic carbocycles. The minimum absolute atomic E-state index is 0.101. The Hall–Kier alpha value is -1.32. The number of rotatable bonds is 5. The quantitative estimate of drug-likeness (QED) is 0.874. The molecule has 0 amide bonds. The smallest absolute Gasteiger partial charge is 0.306 e. The molecule has 4 heteroatoms. The van der Waals surface area contributed by atoms with Crippen molar-refractivity contribution in [2.24, 2.45) is 18.9 Å². The molecule has 3 atom stereocenters. The van der Waals surface area contributed by atoms with Crippen LogP contribution in [-0.4, -0.2) is 20.9 Å². The Kier molecular flexibility index (Phi) is 3.46. The molecule has 0 bridgehead atoms. The third kappa shape index (κ3) is 2.28. The van der Waals surface area contributed by atoms with Crippen LogP contribution in [-0.2, 0) is 11.8 Å². The van der Waals surface area contributed by atoms with Gasteiger partial charge in [0.1, 0.15) is 0 Å². The second-order valence-corrected chi connectivity index (χ2v) is 5.49. The predicted octanol–water partition coefficient (Wildman–Crippen LogP) is 2.64. The molecule has 0 aromatic carbocycles. The second-order valence-electron chi connectivity index (χ2n) is 5.49. The number of hydrogen-bond acceptors (Lipinski definition) is 2. The van der Waals surface area contributed by atoms with Gasteiger partial charge < -0.3 is 5.11 Å². The van der Waals surface area contributed by atoms with E-state index in [0.717, 1.165) is 25.0 Å². The maximum absolute atomic E-state index is 10.9. The lowest BCUT2D eigenvalue weighted by Gasteiger charge is -2.15. The Morgan fingerprint density at radius 3 is 2.61 bits per heavy atom. The lowest BCUT2D eigenvalue weighted by molar-refractivity contribution is -0.138. The summed E-state index contributed by atoms with van der Waals surface area (Å²) in [6.07, 6.45) is 2.89. The fourth-order valence-corrected chi connectivity index (χ4v) is 3.05. The van der Waals surface area contributed by atoms with E-state index in [1.165, 1.54) is 11.3 Å². The molecule has 100 valence electrons. The molecule has 0 aliphatic heterocycles. The van der Waals surface area contributed by atoms with Crippen molar-refractivity contribution in [3.05, 3.63) is 17.0 Å². The van der Waals surface area contributed by atoms with Gasteiger partial charge in [0.25, 0.3) is 0 Å². The van der Waals surface area contributed by atoms with Crippen molar-refractivity contribution < 1.29 is 9.90 Å². The second kappa shape index (κ2) is 4.75. The number of nitrogens with zero attached hydrogens (tertiary/aromatic N) is 2. The van der Waals surface area contributed by atoms with Crippen molar-refractivity contribution in [3.63, 3.8) is 0 Å². The van der Waals surface area contributed by atoms with E-state index in [9.17, 15) is 4.79 Å². The first-order valence-corrected chi connectivity index (χ1v) is 6.68.